The Labute approximate surface area is 113 Å². The average molecular weight is 267 g/mol. The summed E-state index contributed by atoms with van der Waals surface area (Å²) in [7, 11) is 1.57. The number of pyridine rings is 1. The molecule has 0 aliphatic carbocycles. The molecule has 0 bridgehead atoms. The van der Waals surface area contributed by atoms with Crippen LogP contribution in [0.25, 0.3) is 0 Å². The molecule has 0 amide bonds. The van der Waals surface area contributed by atoms with Crippen molar-refractivity contribution in [1.29, 1.82) is 0 Å². The van der Waals surface area contributed by atoms with E-state index in [0.29, 0.717) is 18.2 Å². The van der Waals surface area contributed by atoms with Gasteiger partial charge in [-0.3, -0.25) is 0 Å². The summed E-state index contributed by atoms with van der Waals surface area (Å²) in [5, 5.41) is 8.74. The van der Waals surface area contributed by atoms with Crippen LogP contribution in [0.1, 0.15) is 12.8 Å². The molecule has 1 aromatic heterocycles. The second-order valence-corrected chi connectivity index (χ2v) is 4.55. The number of aliphatic hydroxyl groups excluding tert-OH is 1. The second kappa shape index (κ2) is 6.58. The maximum atomic E-state index is 8.74. The van der Waals surface area contributed by atoms with Gasteiger partial charge in [0.1, 0.15) is 5.82 Å². The van der Waals surface area contributed by atoms with Crippen molar-refractivity contribution >= 4 is 11.5 Å². The Morgan fingerprint density at radius 1 is 1.42 bits per heavy atom. The number of nitrogens with zero attached hydrogens (tertiary/aromatic N) is 2. The van der Waals surface area contributed by atoms with Gasteiger partial charge in [-0.25, -0.2) is 0 Å². The zero-order valence-electron chi connectivity index (χ0n) is 11.2. The third-order valence-corrected chi connectivity index (χ3v) is 3.28. The number of hydrogen-bond donors (Lipinski definition) is 2. The van der Waals surface area contributed by atoms with E-state index in [1.54, 1.807) is 7.11 Å². The van der Waals surface area contributed by atoms with Crippen LogP contribution >= 0.6 is 0 Å². The van der Waals surface area contributed by atoms with Gasteiger partial charge in [0.05, 0.1) is 32.1 Å². The summed E-state index contributed by atoms with van der Waals surface area (Å²) in [5.41, 5.74) is 6.31. The number of aliphatic hydroxyl groups is 1. The van der Waals surface area contributed by atoms with Crippen LogP contribution in [0.2, 0.25) is 0 Å². The van der Waals surface area contributed by atoms with Crippen molar-refractivity contribution in [2.45, 2.75) is 18.9 Å². The number of hydrogen-bond acceptors (Lipinski definition) is 6. The molecule has 0 saturated carbocycles. The summed E-state index contributed by atoms with van der Waals surface area (Å²) in [6, 6.07) is 3.72. The number of anilines is 2. The van der Waals surface area contributed by atoms with E-state index in [2.05, 4.69) is 9.88 Å². The lowest BCUT2D eigenvalue weighted by Gasteiger charge is -2.32. The van der Waals surface area contributed by atoms with E-state index in [1.165, 1.54) is 0 Å². The molecule has 0 spiro atoms. The van der Waals surface area contributed by atoms with Gasteiger partial charge in [-0.05, 0) is 25.0 Å². The molecular formula is C13H21N3O3. The molecule has 0 aromatic carbocycles. The summed E-state index contributed by atoms with van der Waals surface area (Å²) in [5.74, 6) is 1.35. The van der Waals surface area contributed by atoms with E-state index in [9.17, 15) is 0 Å². The molecular weight excluding hydrogens is 246 g/mol. The minimum absolute atomic E-state index is 0.0803. The fourth-order valence-electron chi connectivity index (χ4n) is 2.25. The first-order valence-corrected chi connectivity index (χ1v) is 6.52. The quantitative estimate of drug-likeness (QED) is 0.815. The van der Waals surface area contributed by atoms with Gasteiger partial charge in [-0.2, -0.15) is 4.98 Å². The lowest BCUT2D eigenvalue weighted by molar-refractivity contribution is 0.0158. The maximum Gasteiger partial charge on any atom is 0.238 e. The Balaban J connectivity index is 1.94. The van der Waals surface area contributed by atoms with E-state index in [0.717, 1.165) is 31.7 Å². The Morgan fingerprint density at radius 2 is 2.16 bits per heavy atom. The van der Waals surface area contributed by atoms with Crippen molar-refractivity contribution in [1.82, 2.24) is 4.98 Å². The van der Waals surface area contributed by atoms with Gasteiger partial charge < -0.3 is 25.2 Å². The topological polar surface area (TPSA) is 80.8 Å². The predicted molar refractivity (Wildman–Crippen MR) is 73.5 cm³/mol. The number of aromatic nitrogens is 1. The van der Waals surface area contributed by atoms with Crippen LogP contribution in [0.15, 0.2) is 12.1 Å². The monoisotopic (exact) mass is 267 g/mol. The fraction of sp³-hybridized carbons (Fsp3) is 0.615. The first-order chi connectivity index (χ1) is 9.24. The predicted octanol–water partition coefficient (Wildman–Crippen LogP) is 0.650. The maximum absolute atomic E-state index is 8.74. The Morgan fingerprint density at radius 3 is 2.79 bits per heavy atom. The number of piperidine rings is 1. The minimum Gasteiger partial charge on any atom is -0.479 e. The van der Waals surface area contributed by atoms with Crippen LogP contribution in [0.5, 0.6) is 5.88 Å². The number of rotatable bonds is 5. The molecule has 1 aliphatic heterocycles. The van der Waals surface area contributed by atoms with Crippen LogP contribution in [0.3, 0.4) is 0 Å². The van der Waals surface area contributed by atoms with E-state index >= 15 is 0 Å². The molecule has 0 unspecified atom stereocenters. The molecule has 106 valence electrons. The largest absolute Gasteiger partial charge is 0.479 e. The van der Waals surface area contributed by atoms with E-state index in [-0.39, 0.29) is 12.7 Å². The van der Waals surface area contributed by atoms with E-state index < -0.39 is 0 Å². The molecule has 0 atom stereocenters. The first kappa shape index (κ1) is 13.9. The summed E-state index contributed by atoms with van der Waals surface area (Å²) < 4.78 is 10.7. The highest BCUT2D eigenvalue weighted by atomic mass is 16.5. The number of nitrogen functional groups attached to an aromatic ring is 1. The second-order valence-electron chi connectivity index (χ2n) is 4.55. The van der Waals surface area contributed by atoms with Crippen molar-refractivity contribution < 1.29 is 14.6 Å². The van der Waals surface area contributed by atoms with Gasteiger partial charge in [0.15, 0.2) is 0 Å². The Bertz CT molecular complexity index is 406. The van der Waals surface area contributed by atoms with Gasteiger partial charge in [-0.1, -0.05) is 0 Å². The smallest absolute Gasteiger partial charge is 0.238 e. The standard InChI is InChI=1S/C13H21N3O3/c1-18-13-11(14)2-3-12(15-13)16-6-4-10(5-7-16)19-9-8-17/h2-3,10,17H,4-9,14H2,1H3. The molecule has 19 heavy (non-hydrogen) atoms. The molecule has 1 aliphatic rings. The highest BCUT2D eigenvalue weighted by Gasteiger charge is 2.21. The summed E-state index contributed by atoms with van der Waals surface area (Å²) in [6.07, 6.45) is 2.11. The molecule has 1 aromatic rings. The normalized spacial score (nSPS) is 16.6. The molecule has 1 saturated heterocycles. The molecule has 3 N–H and O–H groups in total. The van der Waals surface area contributed by atoms with Gasteiger partial charge in [0.2, 0.25) is 5.88 Å². The third-order valence-electron chi connectivity index (χ3n) is 3.28. The first-order valence-electron chi connectivity index (χ1n) is 6.52. The van der Waals surface area contributed by atoms with E-state index in [4.69, 9.17) is 20.3 Å². The van der Waals surface area contributed by atoms with Crippen molar-refractivity contribution in [2.75, 3.05) is 44.0 Å². The Hall–Kier alpha value is -1.53. The zero-order valence-corrected chi connectivity index (χ0v) is 11.2. The molecule has 2 rings (SSSR count). The van der Waals surface area contributed by atoms with Crippen LogP contribution < -0.4 is 15.4 Å². The molecule has 6 nitrogen and oxygen atoms in total. The lowest BCUT2D eigenvalue weighted by atomic mass is 10.1. The van der Waals surface area contributed by atoms with Gasteiger partial charge in [-0.15, -0.1) is 0 Å². The molecule has 0 radical (unpaired) electrons. The van der Waals surface area contributed by atoms with E-state index in [1.807, 2.05) is 12.1 Å². The van der Waals surface area contributed by atoms with Crippen LogP contribution in [0, 0.1) is 0 Å². The van der Waals surface area contributed by atoms with Crippen molar-refractivity contribution in [2.24, 2.45) is 0 Å². The fourth-order valence-corrected chi connectivity index (χ4v) is 2.25. The summed E-state index contributed by atoms with van der Waals surface area (Å²) in [4.78, 5) is 6.59. The van der Waals surface area contributed by atoms with Gasteiger partial charge in [0, 0.05) is 13.1 Å². The number of methoxy groups -OCH3 is 1. The highest BCUT2D eigenvalue weighted by Crippen LogP contribution is 2.25. The minimum atomic E-state index is 0.0803. The SMILES string of the molecule is COc1nc(N2CCC(OCCO)CC2)ccc1N. The third kappa shape index (κ3) is 3.48. The molecule has 2 heterocycles. The van der Waals surface area contributed by atoms with Crippen LogP contribution in [-0.4, -0.2) is 49.6 Å². The average Bonchev–Trinajstić information content (AvgIpc) is 2.46. The van der Waals surface area contributed by atoms with Crippen molar-refractivity contribution in [3.05, 3.63) is 12.1 Å². The molecule has 6 heteroatoms. The Kier molecular flexibility index (Phi) is 4.81. The number of ether oxygens (including phenoxy) is 2. The van der Waals surface area contributed by atoms with Crippen LogP contribution in [0.4, 0.5) is 11.5 Å². The van der Waals surface area contributed by atoms with Gasteiger partial charge >= 0.3 is 0 Å². The summed E-state index contributed by atoms with van der Waals surface area (Å²) >= 11 is 0. The highest BCUT2D eigenvalue weighted by molar-refractivity contribution is 5.54. The van der Waals surface area contributed by atoms with Crippen molar-refractivity contribution in [3.8, 4) is 5.88 Å². The molecule has 1 fully saturated rings. The van der Waals surface area contributed by atoms with Gasteiger partial charge in [0.25, 0.3) is 0 Å². The van der Waals surface area contributed by atoms with Crippen LogP contribution in [-0.2, 0) is 4.74 Å². The van der Waals surface area contributed by atoms with Crippen molar-refractivity contribution in [3.63, 3.8) is 0 Å². The lowest BCUT2D eigenvalue weighted by Crippen LogP contribution is -2.37. The summed E-state index contributed by atoms with van der Waals surface area (Å²) in [6.45, 7) is 2.27. The number of nitrogens with two attached hydrogens (primary N) is 1. The zero-order chi connectivity index (χ0) is 13.7.